The van der Waals surface area contributed by atoms with Gasteiger partial charge in [-0.2, -0.15) is 13.2 Å². The van der Waals surface area contributed by atoms with Gasteiger partial charge in [0.25, 0.3) is 0 Å². The van der Waals surface area contributed by atoms with Crippen LogP contribution in [-0.4, -0.2) is 16.8 Å². The van der Waals surface area contributed by atoms with E-state index in [-0.39, 0.29) is 16.7 Å². The first-order chi connectivity index (χ1) is 15.1. The number of anilines is 2. The molecule has 0 unspecified atom stereocenters. The molecule has 2 aromatic carbocycles. The van der Waals surface area contributed by atoms with Crippen LogP contribution in [0.4, 0.5) is 24.0 Å². The van der Waals surface area contributed by atoms with E-state index in [2.05, 4.69) is 10.3 Å². The van der Waals surface area contributed by atoms with Crippen LogP contribution in [0.15, 0.2) is 60.0 Å². The second-order valence-corrected chi connectivity index (χ2v) is 7.77. The maximum atomic E-state index is 13.0. The van der Waals surface area contributed by atoms with Gasteiger partial charge >= 0.3 is 6.18 Å². The zero-order chi connectivity index (χ0) is 23.3. The summed E-state index contributed by atoms with van der Waals surface area (Å²) in [4.78, 5) is 29.7. The summed E-state index contributed by atoms with van der Waals surface area (Å²) in [5.41, 5.74) is 1.69. The van der Waals surface area contributed by atoms with Crippen LogP contribution in [0.1, 0.15) is 29.3 Å². The fourth-order valence-electron chi connectivity index (χ4n) is 2.91. The fraction of sp³-hybridized carbons (Fsp3) is 0.174. The Morgan fingerprint density at radius 1 is 1.16 bits per heavy atom. The average molecular weight is 459 g/mol. The molecule has 3 rings (SSSR count). The third-order valence-corrected chi connectivity index (χ3v) is 5.41. The highest BCUT2D eigenvalue weighted by Gasteiger charge is 2.31. The van der Waals surface area contributed by atoms with Crippen molar-refractivity contribution >= 4 is 40.0 Å². The lowest BCUT2D eigenvalue weighted by Crippen LogP contribution is -2.23. The van der Waals surface area contributed by atoms with E-state index in [1.807, 2.05) is 31.2 Å². The maximum absolute atomic E-state index is 13.0. The van der Waals surface area contributed by atoms with Crippen molar-refractivity contribution < 1.29 is 22.8 Å². The Balaban J connectivity index is 1.72. The molecule has 0 aliphatic heterocycles. The molecule has 9 heteroatoms. The topological polar surface area (TPSA) is 62.3 Å². The summed E-state index contributed by atoms with van der Waals surface area (Å²) in [5, 5.41) is 4.60. The third-order valence-electron chi connectivity index (χ3n) is 4.57. The summed E-state index contributed by atoms with van der Waals surface area (Å²) in [6.45, 7) is 3.58. The van der Waals surface area contributed by atoms with Gasteiger partial charge in [-0.25, -0.2) is 4.98 Å². The van der Waals surface area contributed by atoms with Crippen LogP contribution in [0.3, 0.4) is 0 Å². The number of aryl methyl sites for hydroxylation is 1. The van der Waals surface area contributed by atoms with Crippen LogP contribution in [0.5, 0.6) is 0 Å². The fourth-order valence-corrected chi connectivity index (χ4v) is 3.77. The van der Waals surface area contributed by atoms with Gasteiger partial charge < -0.3 is 5.32 Å². The van der Waals surface area contributed by atoms with Crippen LogP contribution >= 0.6 is 11.3 Å². The van der Waals surface area contributed by atoms with Gasteiger partial charge in [-0.05, 0) is 42.3 Å². The van der Waals surface area contributed by atoms with Gasteiger partial charge in [-0.15, -0.1) is 11.3 Å². The first kappa shape index (κ1) is 23.2. The minimum Gasteiger partial charge on any atom is -0.348 e. The van der Waals surface area contributed by atoms with Crippen molar-refractivity contribution in [3.63, 3.8) is 0 Å². The number of benzene rings is 2. The number of alkyl halides is 3. The predicted octanol–water partition coefficient (Wildman–Crippen LogP) is 5.48. The zero-order valence-electron chi connectivity index (χ0n) is 17.3. The molecule has 32 heavy (non-hydrogen) atoms. The van der Waals surface area contributed by atoms with E-state index >= 15 is 0 Å². The van der Waals surface area contributed by atoms with E-state index in [0.29, 0.717) is 12.2 Å². The standard InChI is InChI=1S/C23H20F3N3O2S/c1-15-6-3-4-7-17(15)13-27-21(31)11-10-19-14-32-22(28-19)29(16(2)30)20-9-5-8-18(12-20)23(24,25)26/h3-12,14H,13H2,1-2H3,(H,27,31)/b11-10+. The Bertz CT molecular complexity index is 1160. The molecular weight excluding hydrogens is 439 g/mol. The van der Waals surface area contributed by atoms with Crippen LogP contribution in [0, 0.1) is 6.92 Å². The van der Waals surface area contributed by atoms with Crippen molar-refractivity contribution in [1.29, 1.82) is 0 Å². The number of hydrogen-bond donors (Lipinski definition) is 1. The average Bonchev–Trinajstić information content (AvgIpc) is 3.19. The maximum Gasteiger partial charge on any atom is 0.416 e. The van der Waals surface area contributed by atoms with E-state index < -0.39 is 17.6 Å². The second-order valence-electron chi connectivity index (χ2n) is 6.94. The quantitative estimate of drug-likeness (QED) is 0.496. The molecule has 2 amide bonds. The minimum absolute atomic E-state index is 0.0631. The molecule has 5 nitrogen and oxygen atoms in total. The Morgan fingerprint density at radius 3 is 2.59 bits per heavy atom. The van der Waals surface area contributed by atoms with Crippen LogP contribution in [0.2, 0.25) is 0 Å². The summed E-state index contributed by atoms with van der Waals surface area (Å²) in [6.07, 6.45) is -1.72. The smallest absolute Gasteiger partial charge is 0.348 e. The lowest BCUT2D eigenvalue weighted by atomic mass is 10.1. The van der Waals surface area contributed by atoms with Crippen LogP contribution in [0.25, 0.3) is 6.08 Å². The molecule has 1 N–H and O–H groups in total. The van der Waals surface area contributed by atoms with Gasteiger partial charge in [0.15, 0.2) is 5.13 Å². The Morgan fingerprint density at radius 2 is 1.91 bits per heavy atom. The molecule has 0 spiro atoms. The summed E-state index contributed by atoms with van der Waals surface area (Å²) in [6, 6.07) is 12.2. The molecule has 0 aliphatic carbocycles. The third kappa shape index (κ3) is 5.82. The second kappa shape index (κ2) is 9.78. The lowest BCUT2D eigenvalue weighted by Gasteiger charge is -2.19. The highest BCUT2D eigenvalue weighted by Crippen LogP contribution is 2.35. The van der Waals surface area contributed by atoms with Crippen molar-refractivity contribution in [3.05, 3.63) is 82.4 Å². The highest BCUT2D eigenvalue weighted by molar-refractivity contribution is 7.14. The number of nitrogens with zero attached hydrogens (tertiary/aromatic N) is 2. The summed E-state index contributed by atoms with van der Waals surface area (Å²) in [7, 11) is 0. The predicted molar refractivity (Wildman–Crippen MR) is 118 cm³/mol. The van der Waals surface area contributed by atoms with E-state index in [4.69, 9.17) is 0 Å². The lowest BCUT2D eigenvalue weighted by molar-refractivity contribution is -0.137. The van der Waals surface area contributed by atoms with Crippen molar-refractivity contribution in [1.82, 2.24) is 10.3 Å². The molecular formula is C23H20F3N3O2S. The molecule has 0 bridgehead atoms. The Kier molecular flexibility index (Phi) is 7.09. The highest BCUT2D eigenvalue weighted by atomic mass is 32.1. The van der Waals surface area contributed by atoms with Gasteiger partial charge in [0, 0.05) is 24.9 Å². The molecule has 0 aliphatic rings. The molecule has 0 saturated heterocycles. The van der Waals surface area contributed by atoms with E-state index in [0.717, 1.165) is 39.5 Å². The molecule has 1 heterocycles. The van der Waals surface area contributed by atoms with Gasteiger partial charge in [0.05, 0.1) is 16.9 Å². The van der Waals surface area contributed by atoms with Gasteiger partial charge in [-0.1, -0.05) is 30.3 Å². The van der Waals surface area contributed by atoms with Gasteiger partial charge in [0.1, 0.15) is 0 Å². The van der Waals surface area contributed by atoms with Gasteiger partial charge in [0.2, 0.25) is 11.8 Å². The van der Waals surface area contributed by atoms with E-state index in [9.17, 15) is 22.8 Å². The van der Waals surface area contributed by atoms with Crippen molar-refractivity contribution in [2.24, 2.45) is 0 Å². The van der Waals surface area contributed by atoms with Crippen LogP contribution in [-0.2, 0) is 22.3 Å². The number of aromatic nitrogens is 1. The molecule has 1 aromatic heterocycles. The van der Waals surface area contributed by atoms with Gasteiger partial charge in [-0.3, -0.25) is 14.5 Å². The SMILES string of the molecule is CC(=O)N(c1cccc(C(F)(F)F)c1)c1nc(/C=C/C(=O)NCc2ccccc2C)cs1. The minimum atomic E-state index is -4.53. The van der Waals surface area contributed by atoms with Crippen molar-refractivity contribution in [2.75, 3.05) is 4.90 Å². The number of thiazole rings is 1. The number of amides is 2. The number of carbonyl (C=O) groups excluding carboxylic acids is 2. The van der Waals surface area contributed by atoms with Crippen LogP contribution < -0.4 is 10.2 Å². The molecule has 0 atom stereocenters. The first-order valence-corrected chi connectivity index (χ1v) is 10.5. The summed E-state index contributed by atoms with van der Waals surface area (Å²) in [5.74, 6) is -0.797. The number of rotatable bonds is 6. The van der Waals surface area contributed by atoms with Crippen molar-refractivity contribution in [3.8, 4) is 0 Å². The zero-order valence-corrected chi connectivity index (χ0v) is 18.1. The number of halogens is 3. The number of hydrogen-bond acceptors (Lipinski definition) is 4. The monoisotopic (exact) mass is 459 g/mol. The number of carbonyl (C=O) groups is 2. The van der Waals surface area contributed by atoms with E-state index in [1.165, 1.54) is 31.2 Å². The van der Waals surface area contributed by atoms with E-state index in [1.54, 1.807) is 5.38 Å². The summed E-state index contributed by atoms with van der Waals surface area (Å²) >= 11 is 1.09. The molecule has 3 aromatic rings. The normalized spacial score (nSPS) is 11.5. The summed E-state index contributed by atoms with van der Waals surface area (Å²) < 4.78 is 39.1. The Hall–Kier alpha value is -3.46. The molecule has 0 fully saturated rings. The Labute approximate surface area is 187 Å². The molecule has 0 radical (unpaired) electrons. The first-order valence-electron chi connectivity index (χ1n) is 9.59. The number of nitrogens with one attached hydrogen (secondary N) is 1. The molecule has 0 saturated carbocycles. The molecule has 166 valence electrons. The largest absolute Gasteiger partial charge is 0.416 e. The van der Waals surface area contributed by atoms with Crippen molar-refractivity contribution in [2.45, 2.75) is 26.6 Å².